The van der Waals surface area contributed by atoms with Crippen LogP contribution in [0, 0.1) is 0 Å². The van der Waals surface area contributed by atoms with E-state index in [-0.39, 0.29) is 0 Å². The minimum Gasteiger partial charge on any atom is -0.385 e. The van der Waals surface area contributed by atoms with Gasteiger partial charge in [0.1, 0.15) is 5.15 Å². The maximum Gasteiger partial charge on any atom is 0.131 e. The Hall–Kier alpha value is -0.410. The number of hydrogen-bond donors (Lipinski definition) is 1. The average Bonchev–Trinajstić information content (AvgIpc) is 2.18. The fourth-order valence-electron chi connectivity index (χ4n) is 1.12. The zero-order chi connectivity index (χ0) is 10.2. The van der Waals surface area contributed by atoms with Crippen LogP contribution >= 0.6 is 23.4 Å². The second-order valence-corrected chi connectivity index (χ2v) is 4.37. The predicted molar refractivity (Wildman–Crippen MR) is 65.4 cm³/mol. The molecule has 1 aromatic heterocycles. The number of nitrogens with zero attached hydrogens (tertiary/aromatic N) is 1. The molecular weight excluding hydrogens is 216 g/mol. The summed E-state index contributed by atoms with van der Waals surface area (Å²) in [7, 11) is 0. The highest BCUT2D eigenvalue weighted by Crippen LogP contribution is 2.11. The molecule has 0 radical (unpaired) electrons. The van der Waals surface area contributed by atoms with Crippen molar-refractivity contribution in [1.82, 2.24) is 4.98 Å². The number of rotatable bonds is 6. The van der Waals surface area contributed by atoms with Gasteiger partial charge in [-0.1, -0.05) is 11.6 Å². The lowest BCUT2D eigenvalue weighted by Gasteiger charge is -2.05. The lowest BCUT2D eigenvalue weighted by atomic mass is 10.3. The van der Waals surface area contributed by atoms with Gasteiger partial charge in [0.25, 0.3) is 0 Å². The first kappa shape index (κ1) is 11.7. The fourth-order valence-corrected chi connectivity index (χ4v) is 1.78. The molecule has 1 rings (SSSR count). The van der Waals surface area contributed by atoms with E-state index >= 15 is 0 Å². The maximum absolute atomic E-state index is 5.75. The van der Waals surface area contributed by atoms with E-state index in [2.05, 4.69) is 16.6 Å². The van der Waals surface area contributed by atoms with E-state index in [9.17, 15) is 0 Å². The molecule has 0 amide bonds. The number of pyridine rings is 1. The van der Waals surface area contributed by atoms with Gasteiger partial charge < -0.3 is 5.32 Å². The molecule has 0 aliphatic carbocycles. The number of hydrogen-bond acceptors (Lipinski definition) is 3. The minimum atomic E-state index is 0.541. The van der Waals surface area contributed by atoms with Crippen molar-refractivity contribution >= 4 is 29.1 Å². The van der Waals surface area contributed by atoms with Crippen molar-refractivity contribution in [1.29, 1.82) is 0 Å². The molecule has 1 aromatic rings. The highest BCUT2D eigenvalue weighted by molar-refractivity contribution is 7.98. The SMILES string of the molecule is CSCCCCNc1ccnc(Cl)c1. The van der Waals surface area contributed by atoms with Crippen LogP contribution in [0.3, 0.4) is 0 Å². The quantitative estimate of drug-likeness (QED) is 0.600. The van der Waals surface area contributed by atoms with Crippen molar-refractivity contribution in [2.75, 3.05) is 23.9 Å². The third-order valence-corrected chi connectivity index (χ3v) is 2.73. The highest BCUT2D eigenvalue weighted by atomic mass is 35.5. The summed E-state index contributed by atoms with van der Waals surface area (Å²) in [4.78, 5) is 3.92. The standard InChI is InChI=1S/C10H15ClN2S/c1-14-7-3-2-5-12-9-4-6-13-10(11)8-9/h4,6,8H,2-3,5,7H2,1H3,(H,12,13). The molecular formula is C10H15ClN2S. The summed E-state index contributed by atoms with van der Waals surface area (Å²) in [5.41, 5.74) is 1.05. The molecule has 0 saturated heterocycles. The van der Waals surface area contributed by atoms with Crippen molar-refractivity contribution in [3.8, 4) is 0 Å². The van der Waals surface area contributed by atoms with Crippen LogP contribution in [0.25, 0.3) is 0 Å². The van der Waals surface area contributed by atoms with Crippen LogP contribution in [0.15, 0.2) is 18.3 Å². The van der Waals surface area contributed by atoms with Crippen LogP contribution in [0.5, 0.6) is 0 Å². The monoisotopic (exact) mass is 230 g/mol. The molecule has 0 fully saturated rings. The third kappa shape index (κ3) is 4.72. The lowest BCUT2D eigenvalue weighted by Crippen LogP contribution is -2.01. The molecule has 1 heterocycles. The van der Waals surface area contributed by atoms with Crippen LogP contribution in [0.4, 0.5) is 5.69 Å². The van der Waals surface area contributed by atoms with E-state index in [0.29, 0.717) is 5.15 Å². The number of unbranched alkanes of at least 4 members (excludes halogenated alkanes) is 1. The van der Waals surface area contributed by atoms with E-state index in [1.165, 1.54) is 18.6 Å². The van der Waals surface area contributed by atoms with Crippen LogP contribution < -0.4 is 5.32 Å². The zero-order valence-electron chi connectivity index (χ0n) is 8.29. The second-order valence-electron chi connectivity index (χ2n) is 2.99. The molecule has 0 aromatic carbocycles. The molecule has 4 heteroatoms. The molecule has 0 bridgehead atoms. The lowest BCUT2D eigenvalue weighted by molar-refractivity contribution is 0.843. The van der Waals surface area contributed by atoms with Crippen LogP contribution in [0.2, 0.25) is 5.15 Å². The van der Waals surface area contributed by atoms with E-state index in [0.717, 1.165) is 12.2 Å². The van der Waals surface area contributed by atoms with Gasteiger partial charge in [0, 0.05) is 18.4 Å². The topological polar surface area (TPSA) is 24.9 Å². The summed E-state index contributed by atoms with van der Waals surface area (Å²) in [6, 6.07) is 3.77. The van der Waals surface area contributed by atoms with Gasteiger partial charge in [-0.15, -0.1) is 0 Å². The van der Waals surface area contributed by atoms with E-state index < -0.39 is 0 Å². The van der Waals surface area contributed by atoms with Crippen molar-refractivity contribution in [3.05, 3.63) is 23.5 Å². The molecule has 0 aliphatic rings. The Morgan fingerprint density at radius 1 is 1.50 bits per heavy atom. The van der Waals surface area contributed by atoms with Crippen molar-refractivity contribution < 1.29 is 0 Å². The average molecular weight is 231 g/mol. The first-order valence-electron chi connectivity index (χ1n) is 4.67. The minimum absolute atomic E-state index is 0.541. The summed E-state index contributed by atoms with van der Waals surface area (Å²) in [5, 5.41) is 3.85. The third-order valence-electron chi connectivity index (χ3n) is 1.83. The Morgan fingerprint density at radius 2 is 2.36 bits per heavy atom. The first-order valence-corrected chi connectivity index (χ1v) is 6.44. The molecule has 0 aliphatic heterocycles. The first-order chi connectivity index (χ1) is 6.83. The highest BCUT2D eigenvalue weighted by Gasteiger charge is 1.93. The van der Waals surface area contributed by atoms with E-state index in [1.54, 1.807) is 6.20 Å². The van der Waals surface area contributed by atoms with Gasteiger partial charge in [-0.2, -0.15) is 11.8 Å². The molecule has 0 spiro atoms. The van der Waals surface area contributed by atoms with E-state index in [4.69, 9.17) is 11.6 Å². The summed E-state index contributed by atoms with van der Waals surface area (Å²) >= 11 is 7.64. The van der Waals surface area contributed by atoms with Gasteiger partial charge >= 0.3 is 0 Å². The number of aromatic nitrogens is 1. The largest absolute Gasteiger partial charge is 0.385 e. The van der Waals surface area contributed by atoms with E-state index in [1.807, 2.05) is 23.9 Å². The Balaban J connectivity index is 2.18. The predicted octanol–water partition coefficient (Wildman–Crippen LogP) is 3.29. The normalized spacial score (nSPS) is 10.1. The molecule has 1 N–H and O–H groups in total. The van der Waals surface area contributed by atoms with Gasteiger partial charge in [-0.05, 0) is 37.0 Å². The van der Waals surface area contributed by atoms with Crippen molar-refractivity contribution in [2.24, 2.45) is 0 Å². The maximum atomic E-state index is 5.75. The van der Waals surface area contributed by atoms with Crippen molar-refractivity contribution in [2.45, 2.75) is 12.8 Å². The Morgan fingerprint density at radius 3 is 3.07 bits per heavy atom. The Labute approximate surface area is 94.5 Å². The molecule has 0 saturated carbocycles. The van der Waals surface area contributed by atoms with Gasteiger partial charge in [0.2, 0.25) is 0 Å². The summed E-state index contributed by atoms with van der Waals surface area (Å²) in [6.07, 6.45) is 6.30. The molecule has 0 unspecified atom stereocenters. The molecule has 2 nitrogen and oxygen atoms in total. The summed E-state index contributed by atoms with van der Waals surface area (Å²) < 4.78 is 0. The van der Waals surface area contributed by atoms with Gasteiger partial charge in [0.05, 0.1) is 0 Å². The van der Waals surface area contributed by atoms with Crippen molar-refractivity contribution in [3.63, 3.8) is 0 Å². The molecule has 0 atom stereocenters. The number of halogens is 1. The summed E-state index contributed by atoms with van der Waals surface area (Å²) in [5.74, 6) is 1.23. The zero-order valence-corrected chi connectivity index (χ0v) is 9.87. The van der Waals surface area contributed by atoms with Crippen LogP contribution in [-0.2, 0) is 0 Å². The van der Waals surface area contributed by atoms with Gasteiger partial charge in [0.15, 0.2) is 0 Å². The van der Waals surface area contributed by atoms with Gasteiger partial charge in [-0.25, -0.2) is 4.98 Å². The number of nitrogens with one attached hydrogen (secondary N) is 1. The smallest absolute Gasteiger partial charge is 0.131 e. The molecule has 14 heavy (non-hydrogen) atoms. The Kier molecular flexibility index (Phi) is 5.80. The number of thioether (sulfide) groups is 1. The van der Waals surface area contributed by atoms with Crippen LogP contribution in [0.1, 0.15) is 12.8 Å². The second kappa shape index (κ2) is 6.96. The van der Waals surface area contributed by atoms with Gasteiger partial charge in [-0.3, -0.25) is 0 Å². The summed E-state index contributed by atoms with van der Waals surface area (Å²) in [6.45, 7) is 1.00. The molecule has 78 valence electrons. The number of anilines is 1. The Bertz CT molecular complexity index is 268. The van der Waals surface area contributed by atoms with Crippen LogP contribution in [-0.4, -0.2) is 23.5 Å². The fraction of sp³-hybridized carbons (Fsp3) is 0.500.